The zero-order chi connectivity index (χ0) is 14.4. The Kier molecular flexibility index (Phi) is 6.69. The Hall–Kier alpha value is -0.220. The topological polar surface area (TPSA) is 29.5 Å². The van der Waals surface area contributed by atoms with Gasteiger partial charge in [0.25, 0.3) is 5.91 Å². The van der Waals surface area contributed by atoms with Gasteiger partial charge in [-0.3, -0.25) is 4.79 Å². The summed E-state index contributed by atoms with van der Waals surface area (Å²) in [5.74, 6) is 2.09. The molecule has 2 rings (SSSR count). The number of likely N-dealkylation sites (tertiary alicyclic amines) is 1. The van der Waals surface area contributed by atoms with E-state index in [-0.39, 0.29) is 12.0 Å². The van der Waals surface area contributed by atoms with Crippen molar-refractivity contribution in [2.45, 2.75) is 64.1 Å². The summed E-state index contributed by atoms with van der Waals surface area (Å²) in [5.41, 5.74) is 0. The first kappa shape index (κ1) is 16.2. The molecule has 0 aromatic heterocycles. The number of carbonyl (C=O) groups excluding carboxylic acids is 1. The maximum Gasteiger partial charge on any atom is 0.251 e. The molecule has 0 bridgehead atoms. The van der Waals surface area contributed by atoms with E-state index in [4.69, 9.17) is 4.74 Å². The van der Waals surface area contributed by atoms with Crippen molar-refractivity contribution in [1.29, 1.82) is 0 Å². The van der Waals surface area contributed by atoms with Gasteiger partial charge in [-0.15, -0.1) is 0 Å². The Morgan fingerprint density at radius 2 is 2.05 bits per heavy atom. The molecule has 2 unspecified atom stereocenters. The van der Waals surface area contributed by atoms with Crippen LogP contribution in [0.4, 0.5) is 0 Å². The van der Waals surface area contributed by atoms with Crippen molar-refractivity contribution >= 4 is 17.7 Å². The van der Waals surface area contributed by atoms with Crippen LogP contribution in [0.15, 0.2) is 0 Å². The maximum absolute atomic E-state index is 12.6. The van der Waals surface area contributed by atoms with Crippen LogP contribution < -0.4 is 0 Å². The largest absolute Gasteiger partial charge is 0.365 e. The molecule has 4 heteroatoms. The Labute approximate surface area is 127 Å². The summed E-state index contributed by atoms with van der Waals surface area (Å²) in [6.45, 7) is 3.93. The third-order valence-electron chi connectivity index (χ3n) is 4.56. The fraction of sp³-hybridized carbons (Fsp3) is 0.938. The second-order valence-corrected chi connectivity index (χ2v) is 7.10. The van der Waals surface area contributed by atoms with E-state index in [0.717, 1.165) is 38.8 Å². The summed E-state index contributed by atoms with van der Waals surface area (Å²) in [6.07, 6.45) is 10.3. The summed E-state index contributed by atoms with van der Waals surface area (Å²) >= 11 is 1.89. The lowest BCUT2D eigenvalue weighted by Crippen LogP contribution is -2.41. The van der Waals surface area contributed by atoms with E-state index in [9.17, 15) is 4.79 Å². The highest BCUT2D eigenvalue weighted by Gasteiger charge is 2.31. The fourth-order valence-corrected chi connectivity index (χ4v) is 4.11. The van der Waals surface area contributed by atoms with E-state index in [2.05, 4.69) is 13.2 Å². The first-order valence-electron chi connectivity index (χ1n) is 8.17. The molecule has 1 heterocycles. The molecule has 0 aromatic rings. The van der Waals surface area contributed by atoms with E-state index in [0.29, 0.717) is 12.0 Å². The highest BCUT2D eigenvalue weighted by atomic mass is 32.2. The molecule has 1 saturated carbocycles. The van der Waals surface area contributed by atoms with Crippen molar-refractivity contribution in [2.75, 3.05) is 25.1 Å². The van der Waals surface area contributed by atoms with Crippen LogP contribution >= 0.6 is 11.8 Å². The number of rotatable bonds is 6. The maximum atomic E-state index is 12.6. The minimum Gasteiger partial charge on any atom is -0.365 e. The summed E-state index contributed by atoms with van der Waals surface area (Å²) in [5, 5.41) is 0. The van der Waals surface area contributed by atoms with E-state index in [1.54, 1.807) is 0 Å². The third kappa shape index (κ3) is 4.39. The number of thioether (sulfide) groups is 1. The van der Waals surface area contributed by atoms with Gasteiger partial charge in [0, 0.05) is 13.1 Å². The molecule has 2 fully saturated rings. The molecule has 1 aliphatic heterocycles. The van der Waals surface area contributed by atoms with Crippen molar-refractivity contribution < 1.29 is 9.53 Å². The Morgan fingerprint density at radius 1 is 1.30 bits per heavy atom. The lowest BCUT2D eigenvalue weighted by atomic mass is 9.97. The average Bonchev–Trinajstić information content (AvgIpc) is 2.94. The van der Waals surface area contributed by atoms with Gasteiger partial charge < -0.3 is 9.64 Å². The predicted octanol–water partition coefficient (Wildman–Crippen LogP) is 3.33. The summed E-state index contributed by atoms with van der Waals surface area (Å²) in [4.78, 5) is 14.6. The first-order valence-corrected chi connectivity index (χ1v) is 9.57. The zero-order valence-electron chi connectivity index (χ0n) is 13.0. The van der Waals surface area contributed by atoms with E-state index >= 15 is 0 Å². The summed E-state index contributed by atoms with van der Waals surface area (Å²) in [7, 11) is 0. The molecular formula is C16H29NO2S. The molecule has 116 valence electrons. The molecule has 0 radical (unpaired) electrons. The molecule has 0 spiro atoms. The van der Waals surface area contributed by atoms with Crippen LogP contribution in [0.5, 0.6) is 0 Å². The molecule has 1 amide bonds. The number of hydrogen-bond donors (Lipinski definition) is 0. The van der Waals surface area contributed by atoms with Gasteiger partial charge in [-0.05, 0) is 43.6 Å². The highest BCUT2D eigenvalue weighted by Crippen LogP contribution is 2.25. The first-order chi connectivity index (χ1) is 9.74. The van der Waals surface area contributed by atoms with Crippen molar-refractivity contribution in [3.63, 3.8) is 0 Å². The van der Waals surface area contributed by atoms with Crippen LogP contribution in [0.3, 0.4) is 0 Å². The molecule has 1 aliphatic carbocycles. The standard InChI is InChI=1S/C16H29NO2S/c1-3-15(19-14-7-5-4-6-8-14)16(18)17-10-9-13(11-17)12-20-2/h13-15H,3-12H2,1-2H3. The minimum absolute atomic E-state index is 0.203. The van der Waals surface area contributed by atoms with Crippen LogP contribution in [0.25, 0.3) is 0 Å². The number of ether oxygens (including phenoxy) is 1. The molecule has 0 N–H and O–H groups in total. The lowest BCUT2D eigenvalue weighted by Gasteiger charge is -2.29. The Balaban J connectivity index is 1.82. The fourth-order valence-electron chi connectivity index (χ4n) is 3.37. The number of carbonyl (C=O) groups is 1. The van der Waals surface area contributed by atoms with E-state index in [1.165, 1.54) is 25.0 Å². The molecule has 20 heavy (non-hydrogen) atoms. The number of nitrogens with zero attached hydrogens (tertiary/aromatic N) is 1. The minimum atomic E-state index is -0.203. The Bertz CT molecular complexity index is 305. The zero-order valence-corrected chi connectivity index (χ0v) is 13.8. The highest BCUT2D eigenvalue weighted by molar-refractivity contribution is 7.98. The van der Waals surface area contributed by atoms with Crippen LogP contribution in [-0.4, -0.2) is 48.1 Å². The van der Waals surface area contributed by atoms with E-state index < -0.39 is 0 Å². The number of amides is 1. The second-order valence-electron chi connectivity index (χ2n) is 6.19. The molecule has 0 aromatic carbocycles. The molecule has 3 nitrogen and oxygen atoms in total. The lowest BCUT2D eigenvalue weighted by molar-refractivity contribution is -0.148. The second kappa shape index (κ2) is 8.28. The summed E-state index contributed by atoms with van der Waals surface area (Å²) in [6, 6.07) is 0. The van der Waals surface area contributed by atoms with Gasteiger partial charge in [-0.2, -0.15) is 11.8 Å². The molecule has 1 saturated heterocycles. The molecule has 2 aliphatic rings. The third-order valence-corrected chi connectivity index (χ3v) is 5.36. The smallest absolute Gasteiger partial charge is 0.251 e. The SMILES string of the molecule is CCC(OC1CCCCC1)C(=O)N1CCC(CSC)C1. The quantitative estimate of drug-likeness (QED) is 0.753. The van der Waals surface area contributed by atoms with Gasteiger partial charge >= 0.3 is 0 Å². The van der Waals surface area contributed by atoms with Crippen molar-refractivity contribution in [2.24, 2.45) is 5.92 Å². The monoisotopic (exact) mass is 299 g/mol. The van der Waals surface area contributed by atoms with Crippen LogP contribution in [-0.2, 0) is 9.53 Å². The van der Waals surface area contributed by atoms with Crippen LogP contribution in [0, 0.1) is 5.92 Å². The van der Waals surface area contributed by atoms with Crippen molar-refractivity contribution in [3.05, 3.63) is 0 Å². The van der Waals surface area contributed by atoms with Crippen LogP contribution in [0.2, 0.25) is 0 Å². The Morgan fingerprint density at radius 3 is 2.70 bits per heavy atom. The summed E-state index contributed by atoms with van der Waals surface area (Å²) < 4.78 is 6.11. The van der Waals surface area contributed by atoms with Crippen molar-refractivity contribution in [1.82, 2.24) is 4.90 Å². The van der Waals surface area contributed by atoms with Gasteiger partial charge in [0.2, 0.25) is 0 Å². The van der Waals surface area contributed by atoms with E-state index in [1.807, 2.05) is 16.7 Å². The molecule has 2 atom stereocenters. The van der Waals surface area contributed by atoms with Crippen molar-refractivity contribution in [3.8, 4) is 0 Å². The average molecular weight is 299 g/mol. The normalized spacial score (nSPS) is 25.9. The molecular weight excluding hydrogens is 270 g/mol. The number of hydrogen-bond acceptors (Lipinski definition) is 3. The van der Waals surface area contributed by atoms with Gasteiger partial charge in [-0.25, -0.2) is 0 Å². The van der Waals surface area contributed by atoms with Gasteiger partial charge in [0.15, 0.2) is 0 Å². The van der Waals surface area contributed by atoms with Crippen LogP contribution in [0.1, 0.15) is 51.9 Å². The van der Waals surface area contributed by atoms with Gasteiger partial charge in [-0.1, -0.05) is 26.2 Å². The predicted molar refractivity (Wildman–Crippen MR) is 85.1 cm³/mol. The van der Waals surface area contributed by atoms with Gasteiger partial charge in [0.1, 0.15) is 6.10 Å². The van der Waals surface area contributed by atoms with Gasteiger partial charge in [0.05, 0.1) is 6.10 Å².